The second-order valence-electron chi connectivity index (χ2n) is 6.89. The van der Waals surface area contributed by atoms with Crippen molar-refractivity contribution in [2.45, 2.75) is 58.0 Å². The van der Waals surface area contributed by atoms with Gasteiger partial charge in [0.05, 0.1) is 12.0 Å². The predicted molar refractivity (Wildman–Crippen MR) is 91.9 cm³/mol. The van der Waals surface area contributed by atoms with Gasteiger partial charge in [0.2, 0.25) is 0 Å². The fraction of sp³-hybridized carbons (Fsp3) is 0.550. The Bertz CT molecular complexity index is 583. The van der Waals surface area contributed by atoms with Gasteiger partial charge in [-0.15, -0.1) is 0 Å². The molecule has 124 valence electrons. The van der Waals surface area contributed by atoms with Crippen LogP contribution in [0.5, 0.6) is 0 Å². The standard InChI is InChI=1S/C20H27NO2/c1-3-18(23-4-2)20-12-10-19(11-13-20,14-17(20)22)21-15-16-8-6-5-7-9-16/h3,5-9,21H,4,10-15H2,1-2H3. The first-order chi connectivity index (χ1) is 11.1. The monoisotopic (exact) mass is 313 g/mol. The molecule has 3 nitrogen and oxygen atoms in total. The predicted octanol–water partition coefficient (Wildman–Crippen LogP) is 3.99. The number of rotatable bonds is 6. The lowest BCUT2D eigenvalue weighted by Crippen LogP contribution is -2.59. The van der Waals surface area contributed by atoms with Gasteiger partial charge in [0.1, 0.15) is 11.5 Å². The van der Waals surface area contributed by atoms with Crippen LogP contribution in [0.4, 0.5) is 0 Å². The van der Waals surface area contributed by atoms with Crippen LogP contribution in [-0.4, -0.2) is 17.9 Å². The second-order valence-corrected chi connectivity index (χ2v) is 6.89. The van der Waals surface area contributed by atoms with Gasteiger partial charge < -0.3 is 10.1 Å². The second kappa shape index (κ2) is 6.48. The first-order valence-corrected chi connectivity index (χ1v) is 8.76. The fourth-order valence-electron chi connectivity index (χ4n) is 4.25. The molecule has 1 aromatic carbocycles. The van der Waals surface area contributed by atoms with E-state index in [1.165, 1.54) is 5.56 Å². The number of ketones is 1. The molecule has 0 amide bonds. The van der Waals surface area contributed by atoms with E-state index >= 15 is 0 Å². The van der Waals surface area contributed by atoms with E-state index in [-0.39, 0.29) is 11.0 Å². The van der Waals surface area contributed by atoms with Gasteiger partial charge in [-0.05, 0) is 51.2 Å². The Kier molecular flexibility index (Phi) is 4.58. The minimum absolute atomic E-state index is 0.0141. The highest BCUT2D eigenvalue weighted by molar-refractivity contribution is 5.90. The van der Waals surface area contributed by atoms with Crippen molar-refractivity contribution in [3.05, 3.63) is 47.7 Å². The number of allylic oxidation sites excluding steroid dienone is 2. The van der Waals surface area contributed by atoms with Crippen LogP contribution in [0.3, 0.4) is 0 Å². The topological polar surface area (TPSA) is 38.3 Å². The Hall–Kier alpha value is -1.61. The van der Waals surface area contributed by atoms with Gasteiger partial charge in [0.15, 0.2) is 0 Å². The van der Waals surface area contributed by atoms with Crippen molar-refractivity contribution >= 4 is 5.78 Å². The van der Waals surface area contributed by atoms with E-state index < -0.39 is 0 Å². The molecule has 4 rings (SSSR count). The minimum Gasteiger partial charge on any atom is -0.498 e. The van der Waals surface area contributed by atoms with E-state index in [1.807, 2.05) is 26.0 Å². The number of ether oxygens (including phenoxy) is 1. The zero-order valence-corrected chi connectivity index (χ0v) is 14.2. The summed E-state index contributed by atoms with van der Waals surface area (Å²) >= 11 is 0. The molecule has 3 heteroatoms. The van der Waals surface area contributed by atoms with Gasteiger partial charge >= 0.3 is 0 Å². The summed E-state index contributed by atoms with van der Waals surface area (Å²) in [7, 11) is 0. The summed E-state index contributed by atoms with van der Waals surface area (Å²) < 4.78 is 5.80. The van der Waals surface area contributed by atoms with Crippen molar-refractivity contribution < 1.29 is 9.53 Å². The van der Waals surface area contributed by atoms with Crippen LogP contribution in [0.25, 0.3) is 0 Å². The summed E-state index contributed by atoms with van der Waals surface area (Å²) in [6.07, 6.45) is 6.55. The number of carbonyl (C=O) groups excluding carboxylic acids is 1. The Morgan fingerprint density at radius 2 is 1.91 bits per heavy atom. The third-order valence-corrected chi connectivity index (χ3v) is 5.64. The number of hydrogen-bond donors (Lipinski definition) is 1. The van der Waals surface area contributed by atoms with E-state index in [4.69, 9.17) is 4.74 Å². The molecule has 3 aliphatic rings. The van der Waals surface area contributed by atoms with E-state index in [2.05, 4.69) is 29.6 Å². The molecule has 0 aliphatic heterocycles. The highest BCUT2D eigenvalue weighted by atomic mass is 16.5. The van der Waals surface area contributed by atoms with Crippen molar-refractivity contribution in [3.8, 4) is 0 Å². The summed E-state index contributed by atoms with van der Waals surface area (Å²) in [5, 5.41) is 3.69. The molecule has 0 atom stereocenters. The number of benzene rings is 1. The van der Waals surface area contributed by atoms with Crippen molar-refractivity contribution in [2.75, 3.05) is 6.61 Å². The molecule has 1 N–H and O–H groups in total. The average molecular weight is 313 g/mol. The van der Waals surface area contributed by atoms with Gasteiger partial charge in [-0.3, -0.25) is 4.79 Å². The first-order valence-electron chi connectivity index (χ1n) is 8.76. The molecule has 23 heavy (non-hydrogen) atoms. The molecule has 1 aromatic rings. The fourth-order valence-corrected chi connectivity index (χ4v) is 4.25. The van der Waals surface area contributed by atoms with E-state index in [9.17, 15) is 4.79 Å². The van der Waals surface area contributed by atoms with Crippen molar-refractivity contribution in [3.63, 3.8) is 0 Å². The lowest BCUT2D eigenvalue weighted by Gasteiger charge is -2.52. The number of Topliss-reactive ketones (excluding diaryl/α,β-unsaturated/α-hetero) is 1. The number of fused-ring (bicyclic) bond motifs is 3. The van der Waals surface area contributed by atoms with E-state index in [1.54, 1.807) is 0 Å². The van der Waals surface area contributed by atoms with Crippen LogP contribution in [0.15, 0.2) is 42.2 Å². The lowest BCUT2D eigenvalue weighted by atomic mass is 9.55. The molecule has 3 aliphatic carbocycles. The van der Waals surface area contributed by atoms with Crippen LogP contribution >= 0.6 is 0 Å². The average Bonchev–Trinajstić information content (AvgIpc) is 2.60. The van der Waals surface area contributed by atoms with E-state index in [0.29, 0.717) is 18.8 Å². The van der Waals surface area contributed by atoms with Crippen LogP contribution in [-0.2, 0) is 16.1 Å². The third kappa shape index (κ3) is 2.94. The Labute approximate surface area is 139 Å². The number of nitrogens with one attached hydrogen (secondary N) is 1. The zero-order valence-electron chi connectivity index (χ0n) is 14.2. The summed E-state index contributed by atoms with van der Waals surface area (Å²) in [6.45, 7) is 5.44. The molecule has 0 heterocycles. The Morgan fingerprint density at radius 1 is 1.22 bits per heavy atom. The van der Waals surface area contributed by atoms with Crippen LogP contribution in [0.2, 0.25) is 0 Å². The Balaban J connectivity index is 1.71. The highest BCUT2D eigenvalue weighted by Crippen LogP contribution is 2.54. The summed E-state index contributed by atoms with van der Waals surface area (Å²) in [5.41, 5.74) is 0.918. The van der Waals surface area contributed by atoms with Gasteiger partial charge in [0, 0.05) is 18.5 Å². The highest BCUT2D eigenvalue weighted by Gasteiger charge is 2.56. The molecule has 0 radical (unpaired) electrons. The maximum atomic E-state index is 12.9. The SMILES string of the molecule is CC=C(OCC)C12CCC(NCc3ccccc3)(CC1)CC2=O. The normalized spacial score (nSPS) is 30.5. The smallest absolute Gasteiger partial charge is 0.148 e. The van der Waals surface area contributed by atoms with Gasteiger partial charge in [-0.2, -0.15) is 0 Å². The number of carbonyl (C=O) groups is 1. The Morgan fingerprint density at radius 3 is 2.48 bits per heavy atom. The van der Waals surface area contributed by atoms with E-state index in [0.717, 1.165) is 38.0 Å². The molecule has 0 spiro atoms. The third-order valence-electron chi connectivity index (χ3n) is 5.64. The summed E-state index contributed by atoms with van der Waals surface area (Å²) in [4.78, 5) is 12.9. The molecular weight excluding hydrogens is 286 g/mol. The van der Waals surface area contributed by atoms with Gasteiger partial charge in [-0.25, -0.2) is 0 Å². The maximum Gasteiger partial charge on any atom is 0.148 e. The molecular formula is C20H27NO2. The van der Waals surface area contributed by atoms with Crippen molar-refractivity contribution in [1.82, 2.24) is 5.32 Å². The van der Waals surface area contributed by atoms with Crippen LogP contribution in [0, 0.1) is 5.41 Å². The van der Waals surface area contributed by atoms with Gasteiger partial charge in [-0.1, -0.05) is 30.3 Å². The molecule has 0 saturated heterocycles. The van der Waals surface area contributed by atoms with Crippen LogP contribution in [0.1, 0.15) is 51.5 Å². The maximum absolute atomic E-state index is 12.9. The zero-order chi connectivity index (χ0) is 16.3. The minimum atomic E-state index is -0.346. The molecule has 3 saturated carbocycles. The quantitative estimate of drug-likeness (QED) is 0.807. The summed E-state index contributed by atoms with van der Waals surface area (Å²) in [5.74, 6) is 1.26. The van der Waals surface area contributed by atoms with Crippen molar-refractivity contribution in [1.29, 1.82) is 0 Å². The van der Waals surface area contributed by atoms with Crippen LogP contribution < -0.4 is 5.32 Å². The molecule has 2 bridgehead atoms. The summed E-state index contributed by atoms with van der Waals surface area (Å²) in [6, 6.07) is 10.4. The largest absolute Gasteiger partial charge is 0.498 e. The number of hydrogen-bond acceptors (Lipinski definition) is 3. The first kappa shape index (κ1) is 16.3. The molecule has 0 aromatic heterocycles. The molecule has 3 fully saturated rings. The molecule has 0 unspecified atom stereocenters. The van der Waals surface area contributed by atoms with Gasteiger partial charge in [0.25, 0.3) is 0 Å². The lowest BCUT2D eigenvalue weighted by molar-refractivity contribution is -0.140. The van der Waals surface area contributed by atoms with Crippen molar-refractivity contribution in [2.24, 2.45) is 5.41 Å².